The van der Waals surface area contributed by atoms with Gasteiger partial charge < -0.3 is 24.4 Å². The number of guanidine groups is 1. The van der Waals surface area contributed by atoms with Gasteiger partial charge in [-0.1, -0.05) is 0 Å². The maximum atomic E-state index is 5.52. The van der Waals surface area contributed by atoms with Crippen LogP contribution < -0.4 is 19.5 Å². The third-order valence-electron chi connectivity index (χ3n) is 4.18. The molecule has 0 spiro atoms. The van der Waals surface area contributed by atoms with E-state index in [9.17, 15) is 0 Å². The molecule has 0 aromatic heterocycles. The Morgan fingerprint density at radius 1 is 1.20 bits per heavy atom. The topological polar surface area (TPSA) is 55.3 Å². The van der Waals surface area contributed by atoms with Crippen molar-refractivity contribution in [3.05, 3.63) is 17.7 Å². The number of hydrogen-bond donors (Lipinski definition) is 1. The molecule has 0 radical (unpaired) electrons. The molecule has 1 aliphatic heterocycles. The standard InChI is InChI=1S/C18H29N3O3S/c1-18(2)12-21(7-8-25-18)17(19-3)20-11-14-15(23-5)9-13(22-4)10-16(14)24-6/h9-10H,7-8,11-12H2,1-6H3,(H,19,20). The molecular formula is C18H29N3O3S. The van der Waals surface area contributed by atoms with Crippen LogP contribution in [0.3, 0.4) is 0 Å². The predicted molar refractivity (Wildman–Crippen MR) is 104 cm³/mol. The molecule has 1 aromatic carbocycles. The zero-order chi connectivity index (χ0) is 18.4. The molecule has 1 N–H and O–H groups in total. The van der Waals surface area contributed by atoms with Crippen LogP contribution in [-0.2, 0) is 6.54 Å². The lowest BCUT2D eigenvalue weighted by molar-refractivity contribution is 0.362. The first-order chi connectivity index (χ1) is 11.9. The molecule has 0 aliphatic carbocycles. The molecule has 7 heteroatoms. The average molecular weight is 368 g/mol. The van der Waals surface area contributed by atoms with Crippen LogP contribution in [0.5, 0.6) is 17.2 Å². The van der Waals surface area contributed by atoms with E-state index in [2.05, 4.69) is 29.1 Å². The van der Waals surface area contributed by atoms with Crippen LogP contribution in [0.1, 0.15) is 19.4 Å². The molecule has 25 heavy (non-hydrogen) atoms. The number of methoxy groups -OCH3 is 3. The number of thioether (sulfide) groups is 1. The smallest absolute Gasteiger partial charge is 0.193 e. The van der Waals surface area contributed by atoms with Crippen molar-refractivity contribution in [1.29, 1.82) is 0 Å². The summed E-state index contributed by atoms with van der Waals surface area (Å²) in [6.07, 6.45) is 0. The summed E-state index contributed by atoms with van der Waals surface area (Å²) in [5, 5.41) is 3.45. The molecule has 140 valence electrons. The van der Waals surface area contributed by atoms with Gasteiger partial charge in [-0.2, -0.15) is 11.8 Å². The zero-order valence-corrected chi connectivity index (χ0v) is 16.8. The second-order valence-electron chi connectivity index (χ2n) is 6.44. The normalized spacial score (nSPS) is 17.2. The van der Waals surface area contributed by atoms with Crippen molar-refractivity contribution >= 4 is 17.7 Å². The van der Waals surface area contributed by atoms with Gasteiger partial charge in [0.05, 0.1) is 33.4 Å². The molecule has 1 aliphatic rings. The van der Waals surface area contributed by atoms with Crippen molar-refractivity contribution in [1.82, 2.24) is 10.2 Å². The third-order valence-corrected chi connectivity index (χ3v) is 5.47. The number of nitrogens with one attached hydrogen (secondary N) is 1. The summed E-state index contributed by atoms with van der Waals surface area (Å²) in [7, 11) is 6.75. The van der Waals surface area contributed by atoms with Crippen LogP contribution in [0.25, 0.3) is 0 Å². The van der Waals surface area contributed by atoms with Crippen LogP contribution in [-0.4, -0.2) is 62.8 Å². The summed E-state index contributed by atoms with van der Waals surface area (Å²) < 4.78 is 16.6. The molecule has 0 unspecified atom stereocenters. The molecule has 1 heterocycles. The van der Waals surface area contributed by atoms with Gasteiger partial charge >= 0.3 is 0 Å². The number of ether oxygens (including phenoxy) is 3. The largest absolute Gasteiger partial charge is 0.496 e. The van der Waals surface area contributed by atoms with E-state index in [4.69, 9.17) is 14.2 Å². The average Bonchev–Trinajstić information content (AvgIpc) is 2.60. The van der Waals surface area contributed by atoms with Gasteiger partial charge in [0.2, 0.25) is 0 Å². The van der Waals surface area contributed by atoms with Gasteiger partial charge in [0.25, 0.3) is 0 Å². The lowest BCUT2D eigenvalue weighted by atomic mass is 10.1. The van der Waals surface area contributed by atoms with E-state index < -0.39 is 0 Å². The SMILES string of the molecule is CN=C(NCc1c(OC)cc(OC)cc1OC)N1CCSC(C)(C)C1. The van der Waals surface area contributed by atoms with E-state index in [0.29, 0.717) is 12.3 Å². The van der Waals surface area contributed by atoms with Crippen molar-refractivity contribution in [3.63, 3.8) is 0 Å². The van der Waals surface area contributed by atoms with Crippen LogP contribution in [0, 0.1) is 0 Å². The van der Waals surface area contributed by atoms with Crippen LogP contribution in [0.4, 0.5) is 0 Å². The number of benzene rings is 1. The Labute approximate surface area is 154 Å². The molecule has 0 atom stereocenters. The summed E-state index contributed by atoms with van der Waals surface area (Å²) in [5.41, 5.74) is 0.942. The number of hydrogen-bond acceptors (Lipinski definition) is 5. The summed E-state index contributed by atoms with van der Waals surface area (Å²) in [4.78, 5) is 6.76. The van der Waals surface area contributed by atoms with Gasteiger partial charge in [-0.05, 0) is 13.8 Å². The summed E-state index contributed by atoms with van der Waals surface area (Å²) in [5.74, 6) is 4.16. The molecular weight excluding hydrogens is 338 g/mol. The Morgan fingerprint density at radius 3 is 2.32 bits per heavy atom. The van der Waals surface area contributed by atoms with Gasteiger partial charge in [-0.15, -0.1) is 0 Å². The molecule has 1 fully saturated rings. The van der Waals surface area contributed by atoms with Crippen molar-refractivity contribution < 1.29 is 14.2 Å². The first kappa shape index (κ1) is 19.6. The fraction of sp³-hybridized carbons (Fsp3) is 0.611. The molecule has 0 amide bonds. The van der Waals surface area contributed by atoms with Crippen molar-refractivity contribution in [3.8, 4) is 17.2 Å². The van der Waals surface area contributed by atoms with Gasteiger partial charge in [0.15, 0.2) is 5.96 Å². The Morgan fingerprint density at radius 2 is 1.84 bits per heavy atom. The van der Waals surface area contributed by atoms with E-state index in [1.54, 1.807) is 21.3 Å². The van der Waals surface area contributed by atoms with Gasteiger partial charge in [-0.3, -0.25) is 4.99 Å². The highest BCUT2D eigenvalue weighted by Gasteiger charge is 2.28. The highest BCUT2D eigenvalue weighted by atomic mass is 32.2. The quantitative estimate of drug-likeness (QED) is 0.638. The highest BCUT2D eigenvalue weighted by Crippen LogP contribution is 2.34. The zero-order valence-electron chi connectivity index (χ0n) is 16.0. The Bertz CT molecular complexity index is 595. The minimum absolute atomic E-state index is 0.228. The Balaban J connectivity index is 2.16. The third kappa shape index (κ3) is 4.87. The van der Waals surface area contributed by atoms with Crippen molar-refractivity contribution in [2.45, 2.75) is 25.1 Å². The van der Waals surface area contributed by atoms with E-state index in [1.807, 2.05) is 30.9 Å². The monoisotopic (exact) mass is 367 g/mol. The molecule has 6 nitrogen and oxygen atoms in total. The molecule has 2 rings (SSSR count). The molecule has 1 aromatic rings. The summed E-state index contributed by atoms with van der Waals surface area (Å²) in [6.45, 7) is 7.06. The fourth-order valence-electron chi connectivity index (χ4n) is 2.95. The fourth-order valence-corrected chi connectivity index (χ4v) is 4.06. The van der Waals surface area contributed by atoms with Crippen molar-refractivity contribution in [2.24, 2.45) is 4.99 Å². The van der Waals surface area contributed by atoms with Crippen LogP contribution in [0.2, 0.25) is 0 Å². The van der Waals surface area contributed by atoms with Gasteiger partial charge in [-0.25, -0.2) is 0 Å². The lowest BCUT2D eigenvalue weighted by Gasteiger charge is -2.39. The minimum Gasteiger partial charge on any atom is -0.496 e. The molecule has 0 saturated carbocycles. The maximum Gasteiger partial charge on any atom is 0.193 e. The Hall–Kier alpha value is -1.76. The minimum atomic E-state index is 0.228. The first-order valence-corrected chi connectivity index (χ1v) is 9.31. The van der Waals surface area contributed by atoms with E-state index >= 15 is 0 Å². The Kier molecular flexibility index (Phi) is 6.70. The number of nitrogens with zero attached hydrogens (tertiary/aromatic N) is 2. The van der Waals surface area contributed by atoms with Gasteiger partial charge in [0, 0.05) is 42.8 Å². The number of aliphatic imine (C=N–C) groups is 1. The second-order valence-corrected chi connectivity index (χ2v) is 8.24. The first-order valence-electron chi connectivity index (χ1n) is 8.32. The number of rotatable bonds is 5. The van der Waals surface area contributed by atoms with Crippen molar-refractivity contribution in [2.75, 3.05) is 47.2 Å². The summed E-state index contributed by atoms with van der Waals surface area (Å²) >= 11 is 2.00. The highest BCUT2D eigenvalue weighted by molar-refractivity contribution is 8.00. The lowest BCUT2D eigenvalue weighted by Crippen LogP contribution is -2.50. The van der Waals surface area contributed by atoms with Gasteiger partial charge in [0.1, 0.15) is 17.2 Å². The maximum absolute atomic E-state index is 5.52. The van der Waals surface area contributed by atoms with E-state index in [0.717, 1.165) is 41.9 Å². The van der Waals surface area contributed by atoms with E-state index in [1.165, 1.54) is 0 Å². The second kappa shape index (κ2) is 8.56. The van der Waals surface area contributed by atoms with E-state index in [-0.39, 0.29) is 4.75 Å². The van der Waals surface area contributed by atoms with Crippen LogP contribution >= 0.6 is 11.8 Å². The predicted octanol–water partition coefficient (Wildman–Crippen LogP) is 2.62. The van der Waals surface area contributed by atoms with Crippen LogP contribution in [0.15, 0.2) is 17.1 Å². The molecule has 0 bridgehead atoms. The summed E-state index contributed by atoms with van der Waals surface area (Å²) in [6, 6.07) is 3.73. The molecule has 1 saturated heterocycles.